The van der Waals surface area contributed by atoms with Gasteiger partial charge < -0.3 is 10.1 Å². The molecule has 1 fully saturated rings. The molecule has 0 bridgehead atoms. The van der Waals surface area contributed by atoms with Crippen LogP contribution in [-0.4, -0.2) is 31.2 Å². The van der Waals surface area contributed by atoms with Crippen molar-refractivity contribution < 1.29 is 14.3 Å². The van der Waals surface area contributed by atoms with E-state index in [0.29, 0.717) is 18.7 Å². The molecule has 0 saturated carbocycles. The molecule has 5 heteroatoms. The van der Waals surface area contributed by atoms with Gasteiger partial charge in [0.25, 0.3) is 5.91 Å². The summed E-state index contributed by atoms with van der Waals surface area (Å²) in [7, 11) is 0. The second-order valence-electron chi connectivity index (χ2n) is 5.98. The second kappa shape index (κ2) is 6.74. The average Bonchev–Trinajstić information content (AvgIpc) is 2.94. The molecule has 2 aromatic rings. The Bertz CT molecular complexity index is 773. The molecule has 0 radical (unpaired) electrons. The summed E-state index contributed by atoms with van der Waals surface area (Å²) in [6.07, 6.45) is -0.735. The third-order valence-corrected chi connectivity index (χ3v) is 4.07. The number of carbonyl (C=O) groups is 2. The van der Waals surface area contributed by atoms with Crippen molar-refractivity contribution in [3.63, 3.8) is 0 Å². The Morgan fingerprint density at radius 2 is 2.00 bits per heavy atom. The largest absolute Gasteiger partial charge is 0.442 e. The van der Waals surface area contributed by atoms with Crippen LogP contribution in [0, 0.1) is 13.8 Å². The topological polar surface area (TPSA) is 58.6 Å². The quantitative estimate of drug-likeness (QED) is 0.940. The van der Waals surface area contributed by atoms with Gasteiger partial charge in [-0.15, -0.1) is 0 Å². The number of hydrogen-bond acceptors (Lipinski definition) is 3. The molecule has 1 unspecified atom stereocenters. The SMILES string of the molecule is Cc1cccc(N2CC(CNC(=O)c3ccccc3C)OC2=O)c1. The van der Waals surface area contributed by atoms with E-state index in [1.54, 1.807) is 11.0 Å². The van der Waals surface area contributed by atoms with Crippen LogP contribution in [-0.2, 0) is 4.74 Å². The number of anilines is 1. The minimum atomic E-state index is -0.379. The highest BCUT2D eigenvalue weighted by atomic mass is 16.6. The van der Waals surface area contributed by atoms with Gasteiger partial charge in [-0.05, 0) is 43.2 Å². The van der Waals surface area contributed by atoms with Crippen molar-refractivity contribution >= 4 is 17.7 Å². The zero-order chi connectivity index (χ0) is 17.1. The van der Waals surface area contributed by atoms with Crippen LogP contribution in [0.2, 0.25) is 0 Å². The Kier molecular flexibility index (Phi) is 4.51. The Hall–Kier alpha value is -2.82. The van der Waals surface area contributed by atoms with Crippen molar-refractivity contribution in [2.45, 2.75) is 20.0 Å². The van der Waals surface area contributed by atoms with Crippen LogP contribution < -0.4 is 10.2 Å². The monoisotopic (exact) mass is 324 g/mol. The first-order valence-electron chi connectivity index (χ1n) is 7.93. The molecule has 0 aliphatic carbocycles. The molecular weight excluding hydrogens is 304 g/mol. The van der Waals surface area contributed by atoms with Crippen LogP contribution in [0.3, 0.4) is 0 Å². The number of benzene rings is 2. The predicted octanol–water partition coefficient (Wildman–Crippen LogP) is 3.06. The number of cyclic esters (lactones) is 1. The van der Waals surface area contributed by atoms with Crippen molar-refractivity contribution in [3.8, 4) is 0 Å². The van der Waals surface area contributed by atoms with E-state index in [9.17, 15) is 9.59 Å². The number of amides is 2. The molecule has 124 valence electrons. The Morgan fingerprint density at radius 3 is 2.75 bits per heavy atom. The Labute approximate surface area is 141 Å². The number of ether oxygens (including phenoxy) is 1. The number of aryl methyl sites for hydroxylation is 2. The van der Waals surface area contributed by atoms with Gasteiger partial charge in [0.05, 0.1) is 13.1 Å². The molecule has 1 N–H and O–H groups in total. The first-order valence-corrected chi connectivity index (χ1v) is 7.93. The fourth-order valence-corrected chi connectivity index (χ4v) is 2.76. The standard InChI is InChI=1S/C19H20N2O3/c1-13-6-5-8-15(10-13)21-12-16(24-19(21)23)11-20-18(22)17-9-4-3-7-14(17)2/h3-10,16H,11-12H2,1-2H3,(H,20,22). The van der Waals surface area contributed by atoms with Gasteiger partial charge in [-0.1, -0.05) is 30.3 Å². The number of hydrogen-bond donors (Lipinski definition) is 1. The van der Waals surface area contributed by atoms with Gasteiger partial charge in [-0.25, -0.2) is 4.79 Å². The van der Waals surface area contributed by atoms with E-state index in [2.05, 4.69) is 5.32 Å². The highest BCUT2D eigenvalue weighted by molar-refractivity contribution is 5.95. The predicted molar refractivity (Wildman–Crippen MR) is 92.3 cm³/mol. The lowest BCUT2D eigenvalue weighted by Crippen LogP contribution is -2.34. The summed E-state index contributed by atoms with van der Waals surface area (Å²) in [6.45, 7) is 4.59. The van der Waals surface area contributed by atoms with Gasteiger partial charge in [0.2, 0.25) is 0 Å². The molecule has 1 heterocycles. The number of nitrogens with one attached hydrogen (secondary N) is 1. The van der Waals surface area contributed by atoms with E-state index in [1.807, 2.05) is 56.3 Å². The molecule has 1 atom stereocenters. The molecule has 3 rings (SSSR count). The van der Waals surface area contributed by atoms with Crippen LogP contribution in [0.15, 0.2) is 48.5 Å². The highest BCUT2D eigenvalue weighted by Crippen LogP contribution is 2.22. The van der Waals surface area contributed by atoms with Gasteiger partial charge in [0.15, 0.2) is 0 Å². The van der Waals surface area contributed by atoms with Crippen LogP contribution in [0.4, 0.5) is 10.5 Å². The van der Waals surface area contributed by atoms with Crippen molar-refractivity contribution in [2.75, 3.05) is 18.0 Å². The third kappa shape index (κ3) is 3.40. The Balaban J connectivity index is 1.61. The molecule has 0 spiro atoms. The first-order chi connectivity index (χ1) is 11.5. The maximum Gasteiger partial charge on any atom is 0.414 e. The Morgan fingerprint density at radius 1 is 1.21 bits per heavy atom. The second-order valence-corrected chi connectivity index (χ2v) is 5.98. The molecule has 0 aromatic heterocycles. The van der Waals surface area contributed by atoms with Gasteiger partial charge in [0, 0.05) is 11.3 Å². The molecule has 24 heavy (non-hydrogen) atoms. The summed E-state index contributed by atoms with van der Waals surface area (Å²) >= 11 is 0. The smallest absolute Gasteiger partial charge is 0.414 e. The zero-order valence-corrected chi connectivity index (χ0v) is 13.8. The minimum Gasteiger partial charge on any atom is -0.442 e. The van der Waals surface area contributed by atoms with E-state index in [-0.39, 0.29) is 18.1 Å². The fraction of sp³-hybridized carbons (Fsp3) is 0.263. The molecule has 1 saturated heterocycles. The molecular formula is C19H20N2O3. The van der Waals surface area contributed by atoms with Crippen LogP contribution in [0.5, 0.6) is 0 Å². The first kappa shape index (κ1) is 16.1. The lowest BCUT2D eigenvalue weighted by atomic mass is 10.1. The average molecular weight is 324 g/mol. The summed E-state index contributed by atoms with van der Waals surface area (Å²) in [5, 5.41) is 2.84. The number of rotatable bonds is 4. The van der Waals surface area contributed by atoms with Gasteiger partial charge in [0.1, 0.15) is 6.10 Å². The van der Waals surface area contributed by atoms with Crippen molar-refractivity contribution in [1.82, 2.24) is 5.32 Å². The van der Waals surface area contributed by atoms with E-state index in [4.69, 9.17) is 4.74 Å². The molecule has 5 nitrogen and oxygen atoms in total. The molecule has 2 aromatic carbocycles. The normalized spacial score (nSPS) is 16.8. The van der Waals surface area contributed by atoms with Crippen LogP contribution >= 0.6 is 0 Å². The maximum absolute atomic E-state index is 12.2. The lowest BCUT2D eigenvalue weighted by molar-refractivity contribution is 0.0915. The van der Waals surface area contributed by atoms with Gasteiger partial charge in [-0.3, -0.25) is 9.69 Å². The maximum atomic E-state index is 12.2. The fourth-order valence-electron chi connectivity index (χ4n) is 2.76. The molecule has 1 aliphatic heterocycles. The summed E-state index contributed by atoms with van der Waals surface area (Å²) in [6, 6.07) is 15.1. The number of carbonyl (C=O) groups excluding carboxylic acids is 2. The van der Waals surface area contributed by atoms with Crippen molar-refractivity contribution in [3.05, 3.63) is 65.2 Å². The van der Waals surface area contributed by atoms with Gasteiger partial charge >= 0.3 is 6.09 Å². The van der Waals surface area contributed by atoms with E-state index in [1.165, 1.54) is 0 Å². The summed E-state index contributed by atoms with van der Waals surface area (Å²) in [4.78, 5) is 25.9. The number of nitrogens with zero attached hydrogens (tertiary/aromatic N) is 1. The summed E-state index contributed by atoms with van der Waals surface area (Å²) in [5.74, 6) is -0.154. The van der Waals surface area contributed by atoms with E-state index < -0.39 is 0 Å². The van der Waals surface area contributed by atoms with Crippen molar-refractivity contribution in [2.24, 2.45) is 0 Å². The van der Waals surface area contributed by atoms with Crippen molar-refractivity contribution in [1.29, 1.82) is 0 Å². The van der Waals surface area contributed by atoms with E-state index >= 15 is 0 Å². The van der Waals surface area contributed by atoms with E-state index in [0.717, 1.165) is 16.8 Å². The summed E-state index contributed by atoms with van der Waals surface area (Å²) in [5.41, 5.74) is 3.45. The minimum absolute atomic E-state index is 0.154. The van der Waals surface area contributed by atoms with Gasteiger partial charge in [-0.2, -0.15) is 0 Å². The highest BCUT2D eigenvalue weighted by Gasteiger charge is 2.32. The zero-order valence-electron chi connectivity index (χ0n) is 13.8. The van der Waals surface area contributed by atoms with Crippen LogP contribution in [0.1, 0.15) is 21.5 Å². The molecule has 1 aliphatic rings. The molecule has 2 amide bonds. The van der Waals surface area contributed by atoms with Crippen LogP contribution in [0.25, 0.3) is 0 Å². The lowest BCUT2D eigenvalue weighted by Gasteiger charge is -2.14. The third-order valence-electron chi connectivity index (χ3n) is 4.07. The summed E-state index contributed by atoms with van der Waals surface area (Å²) < 4.78 is 5.36.